The molecule has 7 nitrogen and oxygen atoms in total. The van der Waals surface area contributed by atoms with E-state index in [0.29, 0.717) is 16.9 Å². The van der Waals surface area contributed by atoms with Gasteiger partial charge in [-0.3, -0.25) is 4.79 Å². The van der Waals surface area contributed by atoms with Crippen molar-refractivity contribution in [3.05, 3.63) is 70.1 Å². The third kappa shape index (κ3) is 4.20. The minimum atomic E-state index is -1.18. The number of ether oxygens (including phenoxy) is 3. The van der Waals surface area contributed by atoms with Crippen LogP contribution < -0.4 is 15.1 Å². The Labute approximate surface area is 173 Å². The fraction of sp³-hybridized carbons (Fsp3) is 0.261. The van der Waals surface area contributed by atoms with Gasteiger partial charge in [0.15, 0.2) is 22.7 Å². The molecule has 0 fully saturated rings. The molecule has 3 rings (SSSR count). The molecule has 0 aliphatic carbocycles. The highest BCUT2D eigenvalue weighted by Gasteiger charge is 2.31. The van der Waals surface area contributed by atoms with Gasteiger partial charge in [-0.05, 0) is 57.2 Å². The third-order valence-corrected chi connectivity index (χ3v) is 4.44. The summed E-state index contributed by atoms with van der Waals surface area (Å²) in [5.74, 6) is -0.173. The first kappa shape index (κ1) is 21.1. The first-order valence-electron chi connectivity index (χ1n) is 9.38. The Kier molecular flexibility index (Phi) is 5.91. The van der Waals surface area contributed by atoms with Gasteiger partial charge in [-0.1, -0.05) is 12.1 Å². The molecule has 0 amide bonds. The van der Waals surface area contributed by atoms with E-state index in [1.54, 1.807) is 51.1 Å². The Hall–Kier alpha value is -3.61. The smallest absolute Gasteiger partial charge is 0.349 e. The molecule has 0 saturated carbocycles. The number of benzene rings is 2. The Morgan fingerprint density at radius 1 is 1.07 bits per heavy atom. The quantitative estimate of drug-likeness (QED) is 0.333. The largest absolute Gasteiger partial charge is 0.493 e. The van der Waals surface area contributed by atoms with E-state index in [1.807, 2.05) is 0 Å². The van der Waals surface area contributed by atoms with Crippen LogP contribution in [0.25, 0.3) is 11.0 Å². The van der Waals surface area contributed by atoms with Gasteiger partial charge in [-0.2, -0.15) is 0 Å². The number of fused-ring (bicyclic) bond motifs is 1. The number of hydrogen-bond acceptors (Lipinski definition) is 7. The molecule has 0 aliphatic rings. The van der Waals surface area contributed by atoms with E-state index in [1.165, 1.54) is 25.3 Å². The van der Waals surface area contributed by atoms with Gasteiger partial charge in [-0.25, -0.2) is 9.59 Å². The van der Waals surface area contributed by atoms with Gasteiger partial charge in [0.1, 0.15) is 11.3 Å². The number of ketones is 1. The lowest BCUT2D eigenvalue weighted by atomic mass is 10.0. The van der Waals surface area contributed by atoms with Crippen LogP contribution in [0, 0.1) is 0 Å². The summed E-state index contributed by atoms with van der Waals surface area (Å²) in [7, 11) is 1.47. The van der Waals surface area contributed by atoms with Gasteiger partial charge in [-0.15, -0.1) is 0 Å². The Bertz CT molecular complexity index is 1140. The molecular weight excluding hydrogens is 388 g/mol. The lowest BCUT2D eigenvalue weighted by molar-refractivity contribution is -0.158. The zero-order valence-corrected chi connectivity index (χ0v) is 17.2. The molecule has 0 spiro atoms. The number of carbonyl (C=O) groups excluding carboxylic acids is 2. The predicted molar refractivity (Wildman–Crippen MR) is 110 cm³/mol. The van der Waals surface area contributed by atoms with Crippen molar-refractivity contribution in [2.24, 2.45) is 0 Å². The van der Waals surface area contributed by atoms with Crippen LogP contribution in [0.5, 0.6) is 11.5 Å². The van der Waals surface area contributed by atoms with E-state index in [0.717, 1.165) is 0 Å². The van der Waals surface area contributed by atoms with Crippen LogP contribution in [0.4, 0.5) is 0 Å². The second kappa shape index (κ2) is 8.41. The number of hydrogen-bond donors (Lipinski definition) is 0. The molecule has 1 aromatic heterocycles. The van der Waals surface area contributed by atoms with Crippen molar-refractivity contribution in [3.8, 4) is 11.5 Å². The molecule has 0 atom stereocenters. The SMILES string of the molecule is CCOC(=O)C(C)(C)Oc1ccc(C(=O)c2cc3cccc(OC)c3oc2=O)cc1. The summed E-state index contributed by atoms with van der Waals surface area (Å²) in [6.45, 7) is 5.16. The lowest BCUT2D eigenvalue weighted by Gasteiger charge is -2.24. The average Bonchev–Trinajstić information content (AvgIpc) is 2.73. The second-order valence-corrected chi connectivity index (χ2v) is 7.01. The summed E-state index contributed by atoms with van der Waals surface area (Å²) in [6.07, 6.45) is 0. The van der Waals surface area contributed by atoms with Gasteiger partial charge in [0.25, 0.3) is 0 Å². The molecule has 0 saturated heterocycles. The van der Waals surface area contributed by atoms with Crippen molar-refractivity contribution < 1.29 is 28.2 Å². The van der Waals surface area contributed by atoms with Crippen molar-refractivity contribution in [1.29, 1.82) is 0 Å². The summed E-state index contributed by atoms with van der Waals surface area (Å²) >= 11 is 0. The monoisotopic (exact) mass is 410 g/mol. The van der Waals surface area contributed by atoms with E-state index in [2.05, 4.69) is 0 Å². The highest BCUT2D eigenvalue weighted by molar-refractivity contribution is 6.10. The van der Waals surface area contributed by atoms with Crippen LogP contribution in [0.15, 0.2) is 57.7 Å². The van der Waals surface area contributed by atoms with Gasteiger partial charge in [0, 0.05) is 10.9 Å². The molecule has 0 radical (unpaired) electrons. The molecule has 2 aromatic carbocycles. The van der Waals surface area contributed by atoms with Crippen LogP contribution in [-0.4, -0.2) is 31.1 Å². The Balaban J connectivity index is 1.87. The maximum absolute atomic E-state index is 12.8. The maximum Gasteiger partial charge on any atom is 0.349 e. The van der Waals surface area contributed by atoms with Crippen LogP contribution in [0.2, 0.25) is 0 Å². The molecule has 156 valence electrons. The molecule has 7 heteroatoms. The molecule has 0 unspecified atom stereocenters. The molecule has 0 aliphatic heterocycles. The fourth-order valence-corrected chi connectivity index (χ4v) is 2.91. The normalized spacial score (nSPS) is 11.2. The average molecular weight is 410 g/mol. The minimum absolute atomic E-state index is 0.0868. The molecule has 1 heterocycles. The molecule has 30 heavy (non-hydrogen) atoms. The molecule has 0 bridgehead atoms. The second-order valence-electron chi connectivity index (χ2n) is 7.01. The number of para-hydroxylation sites is 1. The summed E-state index contributed by atoms with van der Waals surface area (Å²) in [4.78, 5) is 37.2. The maximum atomic E-state index is 12.8. The predicted octanol–water partition coefficient (Wildman–Crippen LogP) is 3.75. The van der Waals surface area contributed by atoms with E-state index < -0.39 is 23.0 Å². The Morgan fingerprint density at radius 2 is 1.77 bits per heavy atom. The van der Waals surface area contributed by atoms with Gasteiger partial charge in [0.05, 0.1) is 13.7 Å². The van der Waals surface area contributed by atoms with Gasteiger partial charge < -0.3 is 18.6 Å². The standard InChI is InChI=1S/C23H22O7/c1-5-28-22(26)23(2,3)30-16-11-9-14(10-12-16)19(24)17-13-15-7-6-8-18(27-4)20(15)29-21(17)25/h6-13H,5H2,1-4H3. The topological polar surface area (TPSA) is 92.0 Å². The zero-order chi connectivity index (χ0) is 21.9. The first-order valence-corrected chi connectivity index (χ1v) is 9.38. The number of esters is 1. The first-order chi connectivity index (χ1) is 14.3. The van der Waals surface area contributed by atoms with Crippen molar-refractivity contribution in [2.45, 2.75) is 26.4 Å². The van der Waals surface area contributed by atoms with Crippen molar-refractivity contribution in [1.82, 2.24) is 0 Å². The fourth-order valence-electron chi connectivity index (χ4n) is 2.91. The highest BCUT2D eigenvalue weighted by atomic mass is 16.6. The van der Waals surface area contributed by atoms with E-state index in [4.69, 9.17) is 18.6 Å². The van der Waals surface area contributed by atoms with E-state index >= 15 is 0 Å². The van der Waals surface area contributed by atoms with E-state index in [-0.39, 0.29) is 23.3 Å². The molecule has 0 N–H and O–H groups in total. The summed E-state index contributed by atoms with van der Waals surface area (Å²) < 4.78 is 21.2. The van der Waals surface area contributed by atoms with Crippen LogP contribution in [0.1, 0.15) is 36.7 Å². The summed E-state index contributed by atoms with van der Waals surface area (Å²) in [5, 5.41) is 0.577. The molecule has 3 aromatic rings. The zero-order valence-electron chi connectivity index (χ0n) is 17.2. The minimum Gasteiger partial charge on any atom is -0.493 e. The highest BCUT2D eigenvalue weighted by Crippen LogP contribution is 2.26. The third-order valence-electron chi connectivity index (χ3n) is 4.44. The lowest BCUT2D eigenvalue weighted by Crippen LogP contribution is -2.39. The van der Waals surface area contributed by atoms with Crippen molar-refractivity contribution in [3.63, 3.8) is 0 Å². The summed E-state index contributed by atoms with van der Waals surface area (Å²) in [5.41, 5.74) is -1.45. The van der Waals surface area contributed by atoms with E-state index in [9.17, 15) is 14.4 Å². The Morgan fingerprint density at radius 3 is 2.40 bits per heavy atom. The van der Waals surface area contributed by atoms with Crippen molar-refractivity contribution in [2.75, 3.05) is 13.7 Å². The van der Waals surface area contributed by atoms with Crippen LogP contribution in [-0.2, 0) is 9.53 Å². The van der Waals surface area contributed by atoms with Crippen LogP contribution in [0.3, 0.4) is 0 Å². The molecular formula is C23H22O7. The van der Waals surface area contributed by atoms with Crippen LogP contribution >= 0.6 is 0 Å². The summed E-state index contributed by atoms with van der Waals surface area (Å²) in [6, 6.07) is 12.8. The van der Waals surface area contributed by atoms with Gasteiger partial charge in [0.2, 0.25) is 0 Å². The number of rotatable bonds is 7. The van der Waals surface area contributed by atoms with Gasteiger partial charge >= 0.3 is 11.6 Å². The number of carbonyl (C=O) groups is 2. The number of methoxy groups -OCH3 is 1. The van der Waals surface area contributed by atoms with Crippen molar-refractivity contribution >= 4 is 22.7 Å².